The predicted octanol–water partition coefficient (Wildman–Crippen LogP) is 4.74. The zero-order valence-corrected chi connectivity index (χ0v) is 14.6. The minimum Gasteiger partial charge on any atom is -0.453 e. The second-order valence-electron chi connectivity index (χ2n) is 6.85. The van der Waals surface area contributed by atoms with Crippen molar-refractivity contribution in [3.8, 4) is 22.6 Å². The molecule has 3 heterocycles. The fraction of sp³-hybridized carbons (Fsp3) is 0.227. The number of hydrogen-bond donors (Lipinski definition) is 1. The van der Waals surface area contributed by atoms with Crippen LogP contribution in [0.2, 0.25) is 0 Å². The number of ether oxygens (including phenoxy) is 1. The third kappa shape index (κ3) is 2.63. The van der Waals surface area contributed by atoms with Crippen LogP contribution in [0, 0.1) is 0 Å². The molecule has 0 atom stereocenters. The van der Waals surface area contributed by atoms with E-state index in [0.717, 1.165) is 54.2 Å². The van der Waals surface area contributed by atoms with Gasteiger partial charge in [-0.15, -0.1) is 0 Å². The van der Waals surface area contributed by atoms with E-state index in [0.29, 0.717) is 6.04 Å². The van der Waals surface area contributed by atoms with Crippen molar-refractivity contribution in [2.45, 2.75) is 18.9 Å². The highest BCUT2D eigenvalue weighted by Gasteiger charge is 2.30. The van der Waals surface area contributed by atoms with Crippen LogP contribution in [0.1, 0.15) is 12.8 Å². The Balaban J connectivity index is 1.61. The number of anilines is 2. The standard InChI is InChI=1S/C22H21N3O/c1-2-6-21-19(5-1)25(18-9-12-23-13-10-18)20-8-7-16(14-22(20)26-21)17-4-3-11-24-15-17/h1-8,11,14-15,18,23H,9-10,12-13H2. The first kappa shape index (κ1) is 15.4. The molecule has 0 spiro atoms. The Morgan fingerprint density at radius 3 is 2.58 bits per heavy atom. The average molecular weight is 343 g/mol. The highest BCUT2D eigenvalue weighted by molar-refractivity contribution is 5.81. The van der Waals surface area contributed by atoms with Crippen molar-refractivity contribution in [2.75, 3.05) is 18.0 Å². The van der Waals surface area contributed by atoms with Gasteiger partial charge in [0, 0.05) is 24.0 Å². The summed E-state index contributed by atoms with van der Waals surface area (Å²) in [7, 11) is 0. The van der Waals surface area contributed by atoms with Crippen LogP contribution in [-0.2, 0) is 0 Å². The summed E-state index contributed by atoms with van der Waals surface area (Å²) in [6.45, 7) is 2.13. The van der Waals surface area contributed by atoms with Crippen molar-refractivity contribution in [1.82, 2.24) is 10.3 Å². The third-order valence-electron chi connectivity index (χ3n) is 5.23. The van der Waals surface area contributed by atoms with Crippen molar-refractivity contribution in [2.24, 2.45) is 0 Å². The van der Waals surface area contributed by atoms with E-state index in [2.05, 4.69) is 57.7 Å². The molecule has 1 fully saturated rings. The van der Waals surface area contributed by atoms with Crippen molar-refractivity contribution in [1.29, 1.82) is 0 Å². The molecule has 1 N–H and O–H groups in total. The number of nitrogens with zero attached hydrogens (tertiary/aromatic N) is 2. The van der Waals surface area contributed by atoms with Gasteiger partial charge in [-0.3, -0.25) is 4.98 Å². The van der Waals surface area contributed by atoms with Gasteiger partial charge in [-0.25, -0.2) is 0 Å². The lowest BCUT2D eigenvalue weighted by atomic mass is 9.99. The quantitative estimate of drug-likeness (QED) is 0.729. The summed E-state index contributed by atoms with van der Waals surface area (Å²) in [5.74, 6) is 1.85. The molecule has 2 aromatic carbocycles. The average Bonchev–Trinajstić information content (AvgIpc) is 2.73. The highest BCUT2D eigenvalue weighted by Crippen LogP contribution is 2.49. The molecule has 5 rings (SSSR count). The molecule has 1 aromatic heterocycles. The van der Waals surface area contributed by atoms with Gasteiger partial charge >= 0.3 is 0 Å². The van der Waals surface area contributed by atoms with Gasteiger partial charge in [-0.1, -0.05) is 24.3 Å². The van der Waals surface area contributed by atoms with Gasteiger partial charge in [0.1, 0.15) is 0 Å². The first-order valence-electron chi connectivity index (χ1n) is 9.21. The molecule has 2 aliphatic heterocycles. The molecular weight excluding hydrogens is 322 g/mol. The van der Waals surface area contributed by atoms with Crippen LogP contribution in [0.3, 0.4) is 0 Å². The minimum atomic E-state index is 0.490. The largest absolute Gasteiger partial charge is 0.453 e. The molecule has 3 aromatic rings. The van der Waals surface area contributed by atoms with Crippen LogP contribution in [0.15, 0.2) is 67.0 Å². The summed E-state index contributed by atoms with van der Waals surface area (Å²) in [6, 6.07) is 19.4. The van der Waals surface area contributed by atoms with E-state index in [1.165, 1.54) is 5.69 Å². The van der Waals surface area contributed by atoms with Crippen LogP contribution in [0.4, 0.5) is 11.4 Å². The maximum Gasteiger partial charge on any atom is 0.151 e. The lowest BCUT2D eigenvalue weighted by Crippen LogP contribution is -2.41. The molecule has 1 saturated heterocycles. The van der Waals surface area contributed by atoms with E-state index < -0.39 is 0 Å². The number of rotatable bonds is 2. The van der Waals surface area contributed by atoms with Gasteiger partial charge in [0.15, 0.2) is 11.5 Å². The fourth-order valence-electron chi connectivity index (χ4n) is 3.96. The highest BCUT2D eigenvalue weighted by atomic mass is 16.5. The van der Waals surface area contributed by atoms with Crippen molar-refractivity contribution < 1.29 is 4.74 Å². The summed E-state index contributed by atoms with van der Waals surface area (Å²) in [5.41, 5.74) is 4.55. The second kappa shape index (κ2) is 6.46. The Morgan fingerprint density at radius 1 is 0.885 bits per heavy atom. The van der Waals surface area contributed by atoms with Crippen LogP contribution in [0.5, 0.6) is 11.5 Å². The van der Waals surface area contributed by atoms with Gasteiger partial charge < -0.3 is 15.0 Å². The molecule has 0 aliphatic carbocycles. The van der Waals surface area contributed by atoms with E-state index >= 15 is 0 Å². The molecule has 4 heteroatoms. The fourth-order valence-corrected chi connectivity index (χ4v) is 3.96. The Hall–Kier alpha value is -2.85. The van der Waals surface area contributed by atoms with E-state index in [4.69, 9.17) is 4.74 Å². The van der Waals surface area contributed by atoms with Gasteiger partial charge in [0.2, 0.25) is 0 Å². The Morgan fingerprint density at radius 2 is 1.73 bits per heavy atom. The lowest BCUT2D eigenvalue weighted by Gasteiger charge is -2.40. The smallest absolute Gasteiger partial charge is 0.151 e. The van der Waals surface area contributed by atoms with E-state index in [1.54, 1.807) is 6.20 Å². The number of fused-ring (bicyclic) bond motifs is 2. The lowest BCUT2D eigenvalue weighted by molar-refractivity contribution is 0.426. The van der Waals surface area contributed by atoms with Gasteiger partial charge in [0.05, 0.1) is 11.4 Å². The number of nitrogens with one attached hydrogen (secondary N) is 1. The summed E-state index contributed by atoms with van der Waals surface area (Å²) in [6.07, 6.45) is 5.97. The van der Waals surface area contributed by atoms with Gasteiger partial charge in [-0.2, -0.15) is 0 Å². The van der Waals surface area contributed by atoms with Crippen molar-refractivity contribution >= 4 is 11.4 Å². The van der Waals surface area contributed by atoms with Crippen LogP contribution < -0.4 is 15.0 Å². The second-order valence-corrected chi connectivity index (χ2v) is 6.85. The number of piperidine rings is 1. The Bertz CT molecular complexity index is 920. The molecule has 2 aliphatic rings. The number of aromatic nitrogens is 1. The molecule has 0 bridgehead atoms. The molecule has 0 radical (unpaired) electrons. The monoisotopic (exact) mass is 343 g/mol. The van der Waals surface area contributed by atoms with Crippen LogP contribution in [0.25, 0.3) is 11.1 Å². The Labute approximate surface area is 153 Å². The van der Waals surface area contributed by atoms with Gasteiger partial charge in [-0.05, 0) is 61.8 Å². The van der Waals surface area contributed by atoms with Crippen molar-refractivity contribution in [3.05, 3.63) is 67.0 Å². The first-order valence-corrected chi connectivity index (χ1v) is 9.21. The summed E-state index contributed by atoms with van der Waals surface area (Å²) in [5, 5.41) is 3.47. The van der Waals surface area contributed by atoms with E-state index in [-0.39, 0.29) is 0 Å². The maximum atomic E-state index is 6.28. The predicted molar refractivity (Wildman–Crippen MR) is 104 cm³/mol. The van der Waals surface area contributed by atoms with Gasteiger partial charge in [0.25, 0.3) is 0 Å². The summed E-state index contributed by atoms with van der Waals surface area (Å²) >= 11 is 0. The first-order chi connectivity index (χ1) is 12.9. The zero-order valence-electron chi connectivity index (χ0n) is 14.6. The molecule has 0 amide bonds. The number of hydrogen-bond acceptors (Lipinski definition) is 4. The number of para-hydroxylation sites is 2. The molecule has 26 heavy (non-hydrogen) atoms. The zero-order chi connectivity index (χ0) is 17.3. The summed E-state index contributed by atoms with van der Waals surface area (Å²) in [4.78, 5) is 6.71. The van der Waals surface area contributed by atoms with Crippen LogP contribution in [-0.4, -0.2) is 24.1 Å². The topological polar surface area (TPSA) is 37.4 Å². The number of pyridine rings is 1. The molecule has 0 saturated carbocycles. The maximum absolute atomic E-state index is 6.28. The van der Waals surface area contributed by atoms with E-state index in [9.17, 15) is 0 Å². The Kier molecular flexibility index (Phi) is 3.83. The molecule has 130 valence electrons. The third-order valence-corrected chi connectivity index (χ3v) is 5.23. The molecular formula is C22H21N3O. The van der Waals surface area contributed by atoms with Crippen LogP contribution >= 0.6 is 0 Å². The molecule has 0 unspecified atom stereocenters. The minimum absolute atomic E-state index is 0.490. The summed E-state index contributed by atoms with van der Waals surface area (Å²) < 4.78 is 6.28. The van der Waals surface area contributed by atoms with E-state index in [1.807, 2.05) is 18.3 Å². The number of benzene rings is 2. The SMILES string of the molecule is c1cncc(-c2ccc3c(c2)Oc2ccccc2N3C2CCNCC2)c1. The van der Waals surface area contributed by atoms with Crippen molar-refractivity contribution in [3.63, 3.8) is 0 Å². The normalized spacial score (nSPS) is 16.5. The molecule has 4 nitrogen and oxygen atoms in total.